The highest BCUT2D eigenvalue weighted by Gasteiger charge is 2.32. The number of aromatic amines is 1. The Morgan fingerprint density at radius 1 is 1.10 bits per heavy atom. The zero-order valence-electron chi connectivity index (χ0n) is 16.7. The molecule has 29 heavy (non-hydrogen) atoms. The van der Waals surface area contributed by atoms with Crippen LogP contribution in [0.15, 0.2) is 54.2 Å². The Hall–Kier alpha value is -2.40. The molecule has 4 nitrogen and oxygen atoms in total. The smallest absolute Gasteiger partial charge is 0.102 e. The van der Waals surface area contributed by atoms with Crippen molar-refractivity contribution in [2.75, 3.05) is 19.6 Å². The van der Waals surface area contributed by atoms with E-state index >= 15 is 0 Å². The van der Waals surface area contributed by atoms with Crippen LogP contribution < -0.4 is 0 Å². The van der Waals surface area contributed by atoms with E-state index in [-0.39, 0.29) is 6.61 Å². The molecule has 1 aromatic heterocycles. The number of aryl methyl sites for hydroxylation is 1. The molecule has 4 heteroatoms. The number of fused-ring (bicyclic) bond motifs is 3. The second-order valence-electron chi connectivity index (χ2n) is 8.33. The highest BCUT2D eigenvalue weighted by Crippen LogP contribution is 2.44. The Balaban J connectivity index is 1.17. The summed E-state index contributed by atoms with van der Waals surface area (Å²) >= 11 is 0. The van der Waals surface area contributed by atoms with E-state index in [0.717, 1.165) is 62.0 Å². The van der Waals surface area contributed by atoms with Gasteiger partial charge in [-0.1, -0.05) is 30.3 Å². The first-order chi connectivity index (χ1) is 14.2. The molecule has 1 aliphatic carbocycles. The number of aliphatic hydroxyl groups excluding tert-OH is 2. The predicted molar refractivity (Wildman–Crippen MR) is 117 cm³/mol. The van der Waals surface area contributed by atoms with Gasteiger partial charge in [-0.15, -0.1) is 0 Å². The highest BCUT2D eigenvalue weighted by molar-refractivity contribution is 5.84. The van der Waals surface area contributed by atoms with Crippen molar-refractivity contribution in [2.45, 2.75) is 38.4 Å². The van der Waals surface area contributed by atoms with E-state index in [4.69, 9.17) is 0 Å². The van der Waals surface area contributed by atoms with Gasteiger partial charge in [0.2, 0.25) is 0 Å². The molecule has 2 heterocycles. The SMILES string of the molecule is OCc1ccc2[nH]cc(CCCCN3CCC4=C(C3)C(O)c3ccccc34)c2c1. The molecular formula is C25H28N2O2. The van der Waals surface area contributed by atoms with Gasteiger partial charge in [0.05, 0.1) is 6.61 Å². The first kappa shape index (κ1) is 18.6. The molecule has 2 aliphatic rings. The fraction of sp³-hybridized carbons (Fsp3) is 0.360. The molecule has 3 N–H and O–H groups in total. The summed E-state index contributed by atoms with van der Waals surface area (Å²) in [4.78, 5) is 5.84. The summed E-state index contributed by atoms with van der Waals surface area (Å²) in [6.45, 7) is 3.12. The Morgan fingerprint density at radius 2 is 2.00 bits per heavy atom. The Kier molecular flexibility index (Phi) is 5.00. The van der Waals surface area contributed by atoms with E-state index in [0.29, 0.717) is 0 Å². The molecule has 0 fully saturated rings. The van der Waals surface area contributed by atoms with Crippen LogP contribution in [0.4, 0.5) is 0 Å². The van der Waals surface area contributed by atoms with Gasteiger partial charge in [0, 0.05) is 30.2 Å². The quantitative estimate of drug-likeness (QED) is 0.555. The van der Waals surface area contributed by atoms with Gasteiger partial charge < -0.3 is 15.2 Å². The van der Waals surface area contributed by atoms with Gasteiger partial charge in [-0.2, -0.15) is 0 Å². The van der Waals surface area contributed by atoms with E-state index in [1.54, 1.807) is 0 Å². The molecular weight excluding hydrogens is 360 g/mol. The third-order valence-electron chi connectivity index (χ3n) is 6.56. The van der Waals surface area contributed by atoms with Crippen molar-refractivity contribution in [3.63, 3.8) is 0 Å². The van der Waals surface area contributed by atoms with Gasteiger partial charge in [0.25, 0.3) is 0 Å². The van der Waals surface area contributed by atoms with Gasteiger partial charge in [-0.25, -0.2) is 0 Å². The maximum absolute atomic E-state index is 10.7. The number of rotatable bonds is 6. The second kappa shape index (κ2) is 7.79. The number of hydrogen-bond donors (Lipinski definition) is 3. The molecule has 1 atom stereocenters. The number of nitrogens with one attached hydrogen (secondary N) is 1. The van der Waals surface area contributed by atoms with Crippen molar-refractivity contribution < 1.29 is 10.2 Å². The minimum atomic E-state index is -0.420. The standard InChI is InChI=1S/C25H28N2O2/c28-16-17-8-9-24-22(13-17)18(14-26-24)5-3-4-11-27-12-10-20-19-6-1-2-7-21(19)25(29)23(20)15-27/h1-2,6-9,13-14,25-26,28-29H,3-5,10-12,15-16H2. The number of unbranched alkanes of at least 4 members (excludes halogenated alkanes) is 1. The van der Waals surface area contributed by atoms with Crippen LogP contribution in [0, 0.1) is 0 Å². The van der Waals surface area contributed by atoms with E-state index in [9.17, 15) is 10.2 Å². The van der Waals surface area contributed by atoms with Crippen LogP contribution >= 0.6 is 0 Å². The van der Waals surface area contributed by atoms with Crippen LogP contribution in [0.25, 0.3) is 16.5 Å². The number of H-pyrrole nitrogens is 1. The van der Waals surface area contributed by atoms with E-state index in [1.807, 2.05) is 18.2 Å². The molecule has 0 bridgehead atoms. The summed E-state index contributed by atoms with van der Waals surface area (Å²) in [6, 6.07) is 14.4. The minimum absolute atomic E-state index is 0.0864. The largest absolute Gasteiger partial charge is 0.392 e. The zero-order chi connectivity index (χ0) is 19.8. The molecule has 0 saturated carbocycles. The highest BCUT2D eigenvalue weighted by atomic mass is 16.3. The fourth-order valence-corrected chi connectivity index (χ4v) is 4.98. The van der Waals surface area contributed by atoms with E-state index < -0.39 is 6.10 Å². The lowest BCUT2D eigenvalue weighted by atomic mass is 9.98. The van der Waals surface area contributed by atoms with Gasteiger partial charge in [0.15, 0.2) is 0 Å². The van der Waals surface area contributed by atoms with Gasteiger partial charge in [0.1, 0.15) is 6.10 Å². The molecule has 0 radical (unpaired) electrons. The maximum atomic E-state index is 10.7. The van der Waals surface area contributed by atoms with Crippen molar-refractivity contribution >= 4 is 16.5 Å². The number of hydrogen-bond acceptors (Lipinski definition) is 3. The molecule has 5 rings (SSSR count). The van der Waals surface area contributed by atoms with E-state index in [1.165, 1.54) is 27.7 Å². The first-order valence-corrected chi connectivity index (χ1v) is 10.7. The number of aromatic nitrogens is 1. The van der Waals surface area contributed by atoms with Crippen molar-refractivity contribution in [3.8, 4) is 0 Å². The monoisotopic (exact) mass is 388 g/mol. The lowest BCUT2D eigenvalue weighted by molar-refractivity contribution is 0.193. The van der Waals surface area contributed by atoms with Crippen LogP contribution in [-0.2, 0) is 13.0 Å². The van der Waals surface area contributed by atoms with Crippen LogP contribution in [-0.4, -0.2) is 39.7 Å². The third kappa shape index (κ3) is 3.42. The molecule has 3 aromatic rings. The average molecular weight is 389 g/mol. The number of benzene rings is 2. The Morgan fingerprint density at radius 3 is 2.90 bits per heavy atom. The molecule has 0 saturated heterocycles. The van der Waals surface area contributed by atoms with Crippen LogP contribution in [0.2, 0.25) is 0 Å². The molecule has 150 valence electrons. The van der Waals surface area contributed by atoms with Gasteiger partial charge in [-0.3, -0.25) is 4.90 Å². The lowest BCUT2D eigenvalue weighted by Crippen LogP contribution is -2.32. The Labute approximate surface area is 171 Å². The molecule has 1 unspecified atom stereocenters. The summed E-state index contributed by atoms with van der Waals surface area (Å²) in [5.74, 6) is 0. The van der Waals surface area contributed by atoms with Crippen LogP contribution in [0.3, 0.4) is 0 Å². The van der Waals surface area contributed by atoms with Crippen molar-refractivity contribution in [2.24, 2.45) is 0 Å². The summed E-state index contributed by atoms with van der Waals surface area (Å²) in [6.07, 6.45) is 6.06. The first-order valence-electron chi connectivity index (χ1n) is 10.7. The fourth-order valence-electron chi connectivity index (χ4n) is 4.98. The summed E-state index contributed by atoms with van der Waals surface area (Å²) in [5.41, 5.74) is 8.38. The topological polar surface area (TPSA) is 59.5 Å². The molecule has 2 aromatic carbocycles. The molecule has 0 amide bonds. The number of aliphatic hydroxyl groups is 2. The van der Waals surface area contributed by atoms with Crippen molar-refractivity contribution in [3.05, 3.63) is 76.5 Å². The Bertz CT molecular complexity index is 1070. The van der Waals surface area contributed by atoms with Crippen LogP contribution in [0.5, 0.6) is 0 Å². The molecule has 0 spiro atoms. The van der Waals surface area contributed by atoms with Crippen molar-refractivity contribution in [1.82, 2.24) is 9.88 Å². The zero-order valence-corrected chi connectivity index (χ0v) is 16.7. The summed E-state index contributed by atoms with van der Waals surface area (Å²) in [5, 5.41) is 21.3. The molecule has 1 aliphatic heterocycles. The van der Waals surface area contributed by atoms with Crippen LogP contribution in [0.1, 0.15) is 47.6 Å². The minimum Gasteiger partial charge on any atom is -0.392 e. The lowest BCUT2D eigenvalue weighted by Gasteiger charge is -2.29. The summed E-state index contributed by atoms with van der Waals surface area (Å²) in [7, 11) is 0. The average Bonchev–Trinajstić information content (AvgIpc) is 3.30. The second-order valence-corrected chi connectivity index (χ2v) is 8.33. The third-order valence-corrected chi connectivity index (χ3v) is 6.56. The van der Waals surface area contributed by atoms with E-state index in [2.05, 4.69) is 40.3 Å². The van der Waals surface area contributed by atoms with Gasteiger partial charge >= 0.3 is 0 Å². The van der Waals surface area contributed by atoms with Gasteiger partial charge in [-0.05, 0) is 77.8 Å². The maximum Gasteiger partial charge on any atom is 0.102 e. The predicted octanol–water partition coefficient (Wildman–Crippen LogP) is 4.19. The normalized spacial score (nSPS) is 19.0. The summed E-state index contributed by atoms with van der Waals surface area (Å²) < 4.78 is 0. The van der Waals surface area contributed by atoms with Crippen molar-refractivity contribution in [1.29, 1.82) is 0 Å². The number of nitrogens with zero attached hydrogens (tertiary/aromatic N) is 1.